The van der Waals surface area contributed by atoms with Crippen molar-refractivity contribution in [2.24, 2.45) is 0 Å². The number of aliphatic hydroxyl groups is 1. The lowest BCUT2D eigenvalue weighted by atomic mass is 10.2. The summed E-state index contributed by atoms with van der Waals surface area (Å²) in [5, 5.41) is 12.4. The lowest BCUT2D eigenvalue weighted by Gasteiger charge is -2.07. The molecular formula is C12H11F2NO3. The summed E-state index contributed by atoms with van der Waals surface area (Å²) >= 11 is 0. The second kappa shape index (κ2) is 5.14. The molecule has 1 aromatic carbocycles. The molecule has 0 aliphatic carbocycles. The van der Waals surface area contributed by atoms with E-state index in [1.807, 2.05) is 0 Å². The number of aliphatic hydroxyl groups excluding tert-OH is 1. The predicted octanol–water partition coefficient (Wildman–Crippen LogP) is 2.33. The van der Waals surface area contributed by atoms with Gasteiger partial charge in [-0.05, 0) is 24.6 Å². The van der Waals surface area contributed by atoms with E-state index in [2.05, 4.69) is 5.16 Å². The van der Waals surface area contributed by atoms with Crippen molar-refractivity contribution in [1.82, 2.24) is 5.16 Å². The summed E-state index contributed by atoms with van der Waals surface area (Å²) < 4.78 is 36.8. The van der Waals surface area contributed by atoms with Gasteiger partial charge in [0.1, 0.15) is 6.61 Å². The molecule has 1 aromatic heterocycles. The molecule has 1 N–H and O–H groups in total. The van der Waals surface area contributed by atoms with E-state index in [-0.39, 0.29) is 12.2 Å². The van der Waals surface area contributed by atoms with Gasteiger partial charge in [0.2, 0.25) is 0 Å². The van der Waals surface area contributed by atoms with Gasteiger partial charge < -0.3 is 14.4 Å². The number of aromatic nitrogens is 1. The minimum absolute atomic E-state index is 0.118. The van der Waals surface area contributed by atoms with E-state index in [9.17, 15) is 8.78 Å². The normalized spacial score (nSPS) is 10.7. The van der Waals surface area contributed by atoms with Gasteiger partial charge in [-0.15, -0.1) is 0 Å². The fraction of sp³-hybridized carbons (Fsp3) is 0.250. The molecule has 0 spiro atoms. The van der Waals surface area contributed by atoms with Crippen molar-refractivity contribution in [3.63, 3.8) is 0 Å². The third-order valence-corrected chi connectivity index (χ3v) is 2.28. The van der Waals surface area contributed by atoms with Gasteiger partial charge in [-0.25, -0.2) is 8.78 Å². The van der Waals surface area contributed by atoms with Crippen LogP contribution in [0.15, 0.2) is 22.7 Å². The number of ether oxygens (including phenoxy) is 1. The molecule has 2 aromatic rings. The highest BCUT2D eigenvalue weighted by atomic mass is 19.1. The molecule has 0 atom stereocenters. The quantitative estimate of drug-likeness (QED) is 0.911. The maximum Gasteiger partial charge on any atom is 0.191 e. The van der Waals surface area contributed by atoms with E-state index in [0.717, 1.165) is 12.1 Å². The highest BCUT2D eigenvalue weighted by molar-refractivity contribution is 5.31. The number of rotatable bonds is 4. The summed E-state index contributed by atoms with van der Waals surface area (Å²) in [5.41, 5.74) is 0.804. The molecule has 0 amide bonds. The number of nitrogens with zero attached hydrogens (tertiary/aromatic N) is 1. The van der Waals surface area contributed by atoms with Crippen LogP contribution in [-0.4, -0.2) is 10.3 Å². The van der Waals surface area contributed by atoms with Gasteiger partial charge in [0, 0.05) is 6.07 Å². The Balaban J connectivity index is 2.14. The Morgan fingerprint density at radius 2 is 1.94 bits per heavy atom. The van der Waals surface area contributed by atoms with Crippen molar-refractivity contribution in [3.05, 3.63) is 46.9 Å². The number of aryl methyl sites for hydroxylation is 1. The Morgan fingerprint density at radius 3 is 2.44 bits per heavy atom. The molecule has 0 aliphatic heterocycles. The number of hydrogen-bond donors (Lipinski definition) is 1. The minimum Gasteiger partial charge on any atom is -0.479 e. The van der Waals surface area contributed by atoms with Gasteiger partial charge in [0.15, 0.2) is 23.1 Å². The van der Waals surface area contributed by atoms with Gasteiger partial charge in [0.25, 0.3) is 0 Å². The molecule has 2 rings (SSSR count). The number of benzene rings is 1. The van der Waals surface area contributed by atoms with Gasteiger partial charge in [0.05, 0.1) is 12.3 Å². The zero-order chi connectivity index (χ0) is 13.1. The van der Waals surface area contributed by atoms with Crippen LogP contribution < -0.4 is 4.74 Å². The van der Waals surface area contributed by atoms with Gasteiger partial charge in [-0.1, -0.05) is 5.16 Å². The van der Waals surface area contributed by atoms with Crippen LogP contribution in [0, 0.1) is 18.6 Å². The fourth-order valence-electron chi connectivity index (χ4n) is 1.47. The SMILES string of the molecule is Cc1cc(COc2c(F)cc(CO)cc2F)on1. The van der Waals surface area contributed by atoms with E-state index in [1.165, 1.54) is 0 Å². The van der Waals surface area contributed by atoms with Crippen molar-refractivity contribution in [1.29, 1.82) is 0 Å². The van der Waals surface area contributed by atoms with E-state index in [1.54, 1.807) is 13.0 Å². The Morgan fingerprint density at radius 1 is 1.28 bits per heavy atom. The van der Waals surface area contributed by atoms with E-state index in [4.69, 9.17) is 14.4 Å². The lowest BCUT2D eigenvalue weighted by Crippen LogP contribution is -2.00. The summed E-state index contributed by atoms with van der Waals surface area (Å²) in [7, 11) is 0. The van der Waals surface area contributed by atoms with Crippen molar-refractivity contribution in [2.75, 3.05) is 0 Å². The van der Waals surface area contributed by atoms with Crippen LogP contribution in [0.1, 0.15) is 17.0 Å². The second-order valence-electron chi connectivity index (χ2n) is 3.77. The summed E-state index contributed by atoms with van der Waals surface area (Å²) in [6, 6.07) is 3.64. The first kappa shape index (κ1) is 12.5. The van der Waals surface area contributed by atoms with Crippen LogP contribution in [0.25, 0.3) is 0 Å². The van der Waals surface area contributed by atoms with Crippen molar-refractivity contribution < 1.29 is 23.1 Å². The molecule has 0 aliphatic rings. The zero-order valence-electron chi connectivity index (χ0n) is 9.61. The molecule has 0 saturated heterocycles. The van der Waals surface area contributed by atoms with Crippen LogP contribution in [0.4, 0.5) is 8.78 Å². The van der Waals surface area contributed by atoms with Crippen molar-refractivity contribution in [3.8, 4) is 5.75 Å². The Kier molecular flexibility index (Phi) is 3.57. The van der Waals surface area contributed by atoms with Crippen molar-refractivity contribution in [2.45, 2.75) is 20.1 Å². The molecule has 0 unspecified atom stereocenters. The molecule has 6 heteroatoms. The van der Waals surface area contributed by atoms with E-state index < -0.39 is 24.0 Å². The summed E-state index contributed by atoms with van der Waals surface area (Å²) in [6.07, 6.45) is 0. The first-order valence-electron chi connectivity index (χ1n) is 5.24. The van der Waals surface area contributed by atoms with Gasteiger partial charge >= 0.3 is 0 Å². The molecule has 0 saturated carbocycles. The smallest absolute Gasteiger partial charge is 0.191 e. The van der Waals surface area contributed by atoms with Crippen molar-refractivity contribution >= 4 is 0 Å². The van der Waals surface area contributed by atoms with Crippen LogP contribution >= 0.6 is 0 Å². The standard InChI is InChI=1S/C12H11F2NO3/c1-7-2-9(18-15-7)6-17-12-10(13)3-8(5-16)4-11(12)14/h2-4,16H,5-6H2,1H3. The third kappa shape index (κ3) is 2.65. The lowest BCUT2D eigenvalue weighted by molar-refractivity contribution is 0.229. The largest absolute Gasteiger partial charge is 0.479 e. The van der Waals surface area contributed by atoms with E-state index >= 15 is 0 Å². The maximum atomic E-state index is 13.5. The first-order valence-corrected chi connectivity index (χ1v) is 5.24. The summed E-state index contributed by atoms with van der Waals surface area (Å²) in [6.45, 7) is 1.17. The highest BCUT2D eigenvalue weighted by Crippen LogP contribution is 2.24. The van der Waals surface area contributed by atoms with Gasteiger partial charge in [-0.3, -0.25) is 0 Å². The maximum absolute atomic E-state index is 13.5. The highest BCUT2D eigenvalue weighted by Gasteiger charge is 2.13. The number of hydrogen-bond acceptors (Lipinski definition) is 4. The molecule has 0 fully saturated rings. The minimum atomic E-state index is -0.865. The van der Waals surface area contributed by atoms with Crippen LogP contribution in [0.5, 0.6) is 5.75 Å². The summed E-state index contributed by atoms with van der Waals surface area (Å²) in [5.74, 6) is -1.86. The summed E-state index contributed by atoms with van der Waals surface area (Å²) in [4.78, 5) is 0. The van der Waals surface area contributed by atoms with Crippen LogP contribution in [-0.2, 0) is 13.2 Å². The molecule has 0 radical (unpaired) electrons. The second-order valence-corrected chi connectivity index (χ2v) is 3.77. The average molecular weight is 255 g/mol. The molecule has 96 valence electrons. The Labute approximate surface area is 102 Å². The van der Waals surface area contributed by atoms with Gasteiger partial charge in [-0.2, -0.15) is 0 Å². The van der Waals surface area contributed by atoms with Crippen LogP contribution in [0.3, 0.4) is 0 Å². The van der Waals surface area contributed by atoms with E-state index in [0.29, 0.717) is 11.5 Å². The predicted molar refractivity (Wildman–Crippen MR) is 57.9 cm³/mol. The molecular weight excluding hydrogens is 244 g/mol. The van der Waals surface area contributed by atoms with Crippen LogP contribution in [0.2, 0.25) is 0 Å². The molecule has 1 heterocycles. The molecule has 18 heavy (non-hydrogen) atoms. The zero-order valence-corrected chi connectivity index (χ0v) is 9.61. The fourth-order valence-corrected chi connectivity index (χ4v) is 1.47. The Hall–Kier alpha value is -1.95. The molecule has 4 nitrogen and oxygen atoms in total. The monoisotopic (exact) mass is 255 g/mol. The average Bonchev–Trinajstić information content (AvgIpc) is 2.73. The third-order valence-electron chi connectivity index (χ3n) is 2.28. The Bertz CT molecular complexity index is 531. The topological polar surface area (TPSA) is 55.5 Å². The number of halogens is 2. The molecule has 0 bridgehead atoms. The first-order chi connectivity index (χ1) is 8.60.